The maximum atomic E-state index is 11.9. The molecule has 1 fully saturated rings. The molecule has 0 spiro atoms. The Balaban J connectivity index is 2.00. The first-order chi connectivity index (χ1) is 10.0. The fourth-order valence-electron chi connectivity index (χ4n) is 2.65. The molecule has 0 aliphatic heterocycles. The third-order valence-electron chi connectivity index (χ3n) is 3.84. The molecule has 0 amide bonds. The molecule has 1 N–H and O–H groups in total. The van der Waals surface area contributed by atoms with Crippen molar-refractivity contribution in [3.8, 4) is 0 Å². The van der Waals surface area contributed by atoms with Crippen LogP contribution in [0.2, 0.25) is 5.02 Å². The first-order valence-electron chi connectivity index (χ1n) is 7.25. The van der Waals surface area contributed by atoms with Crippen molar-refractivity contribution in [2.45, 2.75) is 50.4 Å². The number of aliphatic hydroxyl groups is 1. The van der Waals surface area contributed by atoms with E-state index in [2.05, 4.69) is 0 Å². The maximum absolute atomic E-state index is 11.9. The number of esters is 1. The van der Waals surface area contributed by atoms with Crippen LogP contribution in [0.5, 0.6) is 0 Å². The van der Waals surface area contributed by atoms with Gasteiger partial charge >= 0.3 is 5.97 Å². The number of ether oxygens (including phenoxy) is 2. The Labute approximate surface area is 130 Å². The fraction of sp³-hybridized carbons (Fsp3) is 0.562. The van der Waals surface area contributed by atoms with E-state index in [0.717, 1.165) is 18.4 Å². The molecule has 0 radical (unpaired) electrons. The van der Waals surface area contributed by atoms with Gasteiger partial charge in [-0.1, -0.05) is 29.8 Å². The second-order valence-corrected chi connectivity index (χ2v) is 5.82. The van der Waals surface area contributed by atoms with Crippen LogP contribution in [0.1, 0.15) is 37.7 Å². The zero-order valence-electron chi connectivity index (χ0n) is 12.2. The minimum absolute atomic E-state index is 0.429. The van der Waals surface area contributed by atoms with Crippen molar-refractivity contribution in [3.63, 3.8) is 0 Å². The Kier molecular flexibility index (Phi) is 5.62. The van der Waals surface area contributed by atoms with Crippen molar-refractivity contribution in [1.29, 1.82) is 0 Å². The molecule has 2 rings (SSSR count). The van der Waals surface area contributed by atoms with Crippen LogP contribution in [0.3, 0.4) is 0 Å². The molecule has 1 atom stereocenters. The van der Waals surface area contributed by atoms with Crippen LogP contribution in [-0.4, -0.2) is 30.1 Å². The smallest absolute Gasteiger partial charge is 0.335 e. The Hall–Kier alpha value is -1.10. The van der Waals surface area contributed by atoms with Crippen LogP contribution in [0.15, 0.2) is 24.3 Å². The summed E-state index contributed by atoms with van der Waals surface area (Å²) < 4.78 is 10.4. The minimum atomic E-state index is -1.20. The van der Waals surface area contributed by atoms with Gasteiger partial charge in [-0.25, -0.2) is 4.79 Å². The molecular formula is C16H21ClO4. The number of hydrogen-bond acceptors (Lipinski definition) is 4. The summed E-state index contributed by atoms with van der Waals surface area (Å²) in [5.74, 6) is -1.65. The van der Waals surface area contributed by atoms with Gasteiger partial charge in [0.05, 0.1) is 7.11 Å². The first-order valence-corrected chi connectivity index (χ1v) is 7.63. The summed E-state index contributed by atoms with van der Waals surface area (Å²) in [7, 11) is 1.33. The quantitative estimate of drug-likeness (QED) is 0.648. The zero-order valence-corrected chi connectivity index (χ0v) is 12.9. The predicted octanol–water partition coefficient (Wildman–Crippen LogP) is 3.09. The van der Waals surface area contributed by atoms with Gasteiger partial charge in [-0.15, -0.1) is 0 Å². The highest BCUT2D eigenvalue weighted by Gasteiger charge is 2.37. The summed E-state index contributed by atoms with van der Waals surface area (Å²) in [6.45, 7) is 0. The molecule has 1 aliphatic carbocycles. The van der Waals surface area contributed by atoms with Gasteiger partial charge in [0.15, 0.2) is 11.9 Å². The topological polar surface area (TPSA) is 55.8 Å². The Morgan fingerprint density at radius 2 is 2.05 bits per heavy atom. The Morgan fingerprint density at radius 1 is 1.38 bits per heavy atom. The number of rotatable bonds is 6. The van der Waals surface area contributed by atoms with Crippen LogP contribution < -0.4 is 0 Å². The number of aryl methyl sites for hydroxylation is 1. The van der Waals surface area contributed by atoms with Gasteiger partial charge in [-0.2, -0.15) is 0 Å². The molecular weight excluding hydrogens is 292 g/mol. The van der Waals surface area contributed by atoms with Crippen LogP contribution in [0, 0.1) is 0 Å². The van der Waals surface area contributed by atoms with Crippen molar-refractivity contribution in [2.75, 3.05) is 7.11 Å². The summed E-state index contributed by atoms with van der Waals surface area (Å²) in [4.78, 5) is 11.9. The molecule has 1 aromatic carbocycles. The van der Waals surface area contributed by atoms with Crippen molar-refractivity contribution >= 4 is 17.6 Å². The van der Waals surface area contributed by atoms with E-state index in [9.17, 15) is 9.90 Å². The van der Waals surface area contributed by atoms with Crippen LogP contribution in [0.4, 0.5) is 0 Å². The van der Waals surface area contributed by atoms with E-state index in [1.165, 1.54) is 7.11 Å². The minimum Gasteiger partial charge on any atom is -0.467 e. The highest BCUT2D eigenvalue weighted by atomic mass is 35.5. The van der Waals surface area contributed by atoms with Crippen molar-refractivity contribution in [1.82, 2.24) is 0 Å². The largest absolute Gasteiger partial charge is 0.467 e. The summed E-state index contributed by atoms with van der Waals surface area (Å²) >= 11 is 6.11. The molecule has 21 heavy (non-hydrogen) atoms. The highest BCUT2D eigenvalue weighted by Crippen LogP contribution is 2.32. The van der Waals surface area contributed by atoms with Gasteiger partial charge < -0.3 is 14.6 Å². The lowest BCUT2D eigenvalue weighted by Crippen LogP contribution is -2.38. The molecule has 1 aliphatic rings. The first kappa shape index (κ1) is 16.3. The second-order valence-electron chi connectivity index (χ2n) is 5.41. The van der Waals surface area contributed by atoms with Crippen LogP contribution in [0.25, 0.3) is 0 Å². The molecule has 1 aromatic rings. The van der Waals surface area contributed by atoms with Crippen molar-refractivity contribution in [2.24, 2.45) is 0 Å². The van der Waals surface area contributed by atoms with Gasteiger partial charge in [0, 0.05) is 17.9 Å². The van der Waals surface area contributed by atoms with E-state index >= 15 is 0 Å². The summed E-state index contributed by atoms with van der Waals surface area (Å²) in [6, 6.07) is 7.50. The van der Waals surface area contributed by atoms with Crippen molar-refractivity contribution in [3.05, 3.63) is 34.9 Å². The molecule has 4 nitrogen and oxygen atoms in total. The molecule has 116 valence electrons. The van der Waals surface area contributed by atoms with Gasteiger partial charge in [-0.3, -0.25) is 0 Å². The third-order valence-corrected chi connectivity index (χ3v) is 4.21. The predicted molar refractivity (Wildman–Crippen MR) is 80.1 cm³/mol. The average Bonchev–Trinajstić information content (AvgIpc) is 2.91. The van der Waals surface area contributed by atoms with Gasteiger partial charge in [0.2, 0.25) is 0 Å². The zero-order chi connectivity index (χ0) is 15.3. The van der Waals surface area contributed by atoms with Crippen LogP contribution in [-0.2, 0) is 20.7 Å². The van der Waals surface area contributed by atoms with E-state index in [1.807, 2.05) is 24.3 Å². The fourth-order valence-corrected chi connectivity index (χ4v) is 2.88. The number of hydrogen-bond donors (Lipinski definition) is 1. The number of methoxy groups -OCH3 is 1. The molecule has 0 aromatic heterocycles. The normalized spacial score (nSPS) is 18.4. The molecule has 0 bridgehead atoms. The van der Waals surface area contributed by atoms with Crippen molar-refractivity contribution < 1.29 is 19.4 Å². The van der Waals surface area contributed by atoms with E-state index in [0.29, 0.717) is 30.7 Å². The van der Waals surface area contributed by atoms with E-state index in [1.54, 1.807) is 0 Å². The SMILES string of the molecule is COC(=O)[C@H](CCc1ccccc1Cl)OC1(O)CCCC1. The standard InChI is InChI=1S/C16H21ClO4/c1-20-15(18)14(21-16(19)10-4-5-11-16)9-8-12-6-2-3-7-13(12)17/h2-3,6-7,14,19H,4-5,8-11H2,1H3/t14-/m0/s1. The number of carbonyl (C=O) groups excluding carboxylic acids is 1. The number of carbonyl (C=O) groups is 1. The lowest BCUT2D eigenvalue weighted by atomic mass is 10.1. The van der Waals surface area contributed by atoms with Gasteiger partial charge in [0.25, 0.3) is 0 Å². The maximum Gasteiger partial charge on any atom is 0.335 e. The van der Waals surface area contributed by atoms with Gasteiger partial charge in [-0.05, 0) is 37.3 Å². The molecule has 5 heteroatoms. The molecule has 0 heterocycles. The average molecular weight is 313 g/mol. The Bertz CT molecular complexity index is 483. The van der Waals surface area contributed by atoms with E-state index in [-0.39, 0.29) is 0 Å². The summed E-state index contributed by atoms with van der Waals surface area (Å²) in [5.41, 5.74) is 0.954. The van der Waals surface area contributed by atoms with E-state index < -0.39 is 17.9 Å². The number of halogens is 1. The number of benzene rings is 1. The monoisotopic (exact) mass is 312 g/mol. The third kappa shape index (κ3) is 4.43. The van der Waals surface area contributed by atoms with E-state index in [4.69, 9.17) is 21.1 Å². The second kappa shape index (κ2) is 7.25. The van der Waals surface area contributed by atoms with Gasteiger partial charge in [0.1, 0.15) is 0 Å². The highest BCUT2D eigenvalue weighted by molar-refractivity contribution is 6.31. The molecule has 0 unspecified atom stereocenters. The molecule has 1 saturated carbocycles. The lowest BCUT2D eigenvalue weighted by Gasteiger charge is -2.27. The Morgan fingerprint density at radius 3 is 2.67 bits per heavy atom. The van der Waals surface area contributed by atoms with Crippen LogP contribution >= 0.6 is 11.6 Å². The summed E-state index contributed by atoms with van der Waals surface area (Å²) in [6.07, 6.45) is 3.20. The molecule has 0 saturated heterocycles. The lowest BCUT2D eigenvalue weighted by molar-refractivity contribution is -0.231. The summed E-state index contributed by atoms with van der Waals surface area (Å²) in [5, 5.41) is 11.0.